The first-order chi connectivity index (χ1) is 17.6. The molecule has 2 saturated heterocycles. The van der Waals surface area contributed by atoms with Crippen molar-refractivity contribution in [3.63, 3.8) is 0 Å². The summed E-state index contributed by atoms with van der Waals surface area (Å²) < 4.78 is 19.1. The van der Waals surface area contributed by atoms with E-state index in [1.54, 1.807) is 16.7 Å². The summed E-state index contributed by atoms with van der Waals surface area (Å²) in [5.74, 6) is -0.580. The van der Waals surface area contributed by atoms with Crippen molar-refractivity contribution < 1.29 is 24.2 Å². The number of aromatic nitrogens is 2. The minimum atomic E-state index is -2.14. The predicted octanol–water partition coefficient (Wildman–Crippen LogP) is 0.813. The fourth-order valence-electron chi connectivity index (χ4n) is 4.68. The van der Waals surface area contributed by atoms with E-state index in [-0.39, 0.29) is 25.5 Å². The van der Waals surface area contributed by atoms with Crippen molar-refractivity contribution in [2.45, 2.75) is 48.1 Å². The van der Waals surface area contributed by atoms with Gasteiger partial charge in [0, 0.05) is 31.1 Å². The third-order valence-electron chi connectivity index (χ3n) is 6.88. The van der Waals surface area contributed by atoms with Gasteiger partial charge in [-0.25, -0.2) is 13.9 Å². The number of nitrogens with one attached hydrogen (secondary N) is 1. The van der Waals surface area contributed by atoms with E-state index in [0.29, 0.717) is 30.3 Å². The first-order valence-electron chi connectivity index (χ1n) is 11.9. The van der Waals surface area contributed by atoms with Crippen molar-refractivity contribution in [3.8, 4) is 0 Å². The minimum absolute atomic E-state index is 0.0574. The van der Waals surface area contributed by atoms with Crippen molar-refractivity contribution in [1.82, 2.24) is 23.7 Å². The van der Waals surface area contributed by atoms with E-state index in [2.05, 4.69) is 9.62 Å². The van der Waals surface area contributed by atoms with E-state index in [0.717, 1.165) is 24.4 Å². The third-order valence-corrected chi connectivity index (χ3v) is 8.04. The van der Waals surface area contributed by atoms with Crippen LogP contribution in [0.5, 0.6) is 0 Å². The fraction of sp³-hybridized carbons (Fsp3) is 0.565. The second-order valence-electron chi connectivity index (χ2n) is 9.70. The summed E-state index contributed by atoms with van der Waals surface area (Å²) in [6, 6.07) is 4.80. The lowest BCUT2D eigenvalue weighted by molar-refractivity contribution is -0.139. The summed E-state index contributed by atoms with van der Waals surface area (Å²) in [6.07, 6.45) is 2.31. The molecule has 3 heterocycles. The van der Waals surface area contributed by atoms with Crippen LogP contribution in [0, 0.1) is 5.92 Å². The summed E-state index contributed by atoms with van der Waals surface area (Å²) in [5, 5.41) is 17.4. The predicted molar refractivity (Wildman–Crippen MR) is 136 cm³/mol. The lowest BCUT2D eigenvalue weighted by Gasteiger charge is -2.39. The molecule has 5 rings (SSSR count). The number of benzene rings is 1. The highest BCUT2D eigenvalue weighted by atomic mass is 35.5. The van der Waals surface area contributed by atoms with E-state index >= 15 is 0 Å². The van der Waals surface area contributed by atoms with Gasteiger partial charge < -0.3 is 20.0 Å². The topological polar surface area (TPSA) is 137 Å². The molecule has 2 atom stereocenters. The van der Waals surface area contributed by atoms with Gasteiger partial charge in [-0.05, 0) is 68.9 Å². The van der Waals surface area contributed by atoms with Gasteiger partial charge in [0.1, 0.15) is 5.72 Å². The SMILES string of the molecule is CN1CCC(Cn2c(=O)n(C3CN(C(=O)C(F)Cl)C3)c(=O)c3cc(SNC4(O)CC4)ccc32)C1.O=CO. The first-order valence-corrected chi connectivity index (χ1v) is 13.1. The van der Waals surface area contributed by atoms with Crippen LogP contribution in [-0.2, 0) is 16.1 Å². The Morgan fingerprint density at radius 3 is 2.57 bits per heavy atom. The number of carbonyl (C=O) groups excluding carboxylic acids is 1. The van der Waals surface area contributed by atoms with E-state index in [1.165, 1.54) is 21.4 Å². The fourth-order valence-corrected chi connectivity index (χ4v) is 5.64. The van der Waals surface area contributed by atoms with Crippen molar-refractivity contribution in [2.75, 3.05) is 33.2 Å². The summed E-state index contributed by atoms with van der Waals surface area (Å²) in [4.78, 5) is 51.3. The first kappa shape index (κ1) is 27.6. The molecule has 1 aliphatic carbocycles. The van der Waals surface area contributed by atoms with Crippen LogP contribution in [0.25, 0.3) is 10.9 Å². The molecule has 0 bridgehead atoms. The number of alkyl halides is 2. The number of likely N-dealkylation sites (tertiary alicyclic amines) is 2. The molecule has 1 saturated carbocycles. The second kappa shape index (κ2) is 11.1. The minimum Gasteiger partial charge on any atom is -0.483 e. The molecule has 0 spiro atoms. The van der Waals surface area contributed by atoms with Crippen LogP contribution in [-0.4, -0.2) is 86.1 Å². The molecular weight excluding hydrogens is 529 g/mol. The monoisotopic (exact) mass is 557 g/mol. The van der Waals surface area contributed by atoms with Gasteiger partial charge in [-0.3, -0.25) is 23.5 Å². The quantitative estimate of drug-likeness (QED) is 0.195. The number of rotatable bonds is 7. The molecule has 2 unspecified atom stereocenters. The molecule has 202 valence electrons. The number of nitrogens with zero attached hydrogens (tertiary/aromatic N) is 4. The third kappa shape index (κ3) is 6.01. The Morgan fingerprint density at radius 2 is 2.00 bits per heavy atom. The van der Waals surface area contributed by atoms with Crippen molar-refractivity contribution >= 4 is 46.8 Å². The highest BCUT2D eigenvalue weighted by Crippen LogP contribution is 2.35. The van der Waals surface area contributed by atoms with Crippen molar-refractivity contribution in [2.24, 2.45) is 5.92 Å². The zero-order chi connectivity index (χ0) is 26.9. The number of halogens is 2. The largest absolute Gasteiger partial charge is 0.483 e. The molecule has 11 nitrogen and oxygen atoms in total. The number of amides is 1. The van der Waals surface area contributed by atoms with Crippen LogP contribution in [0.2, 0.25) is 0 Å². The smallest absolute Gasteiger partial charge is 0.331 e. The molecule has 14 heteroatoms. The molecule has 3 aliphatic rings. The molecule has 37 heavy (non-hydrogen) atoms. The summed E-state index contributed by atoms with van der Waals surface area (Å²) >= 11 is 6.51. The zero-order valence-electron chi connectivity index (χ0n) is 20.2. The maximum Gasteiger partial charge on any atom is 0.331 e. The average molecular weight is 558 g/mol. The van der Waals surface area contributed by atoms with E-state index in [4.69, 9.17) is 21.5 Å². The molecule has 1 aromatic carbocycles. The summed E-state index contributed by atoms with van der Waals surface area (Å²) in [5.41, 5.74) is -3.30. The van der Waals surface area contributed by atoms with Crippen LogP contribution in [0.15, 0.2) is 32.7 Å². The Kier molecular flexibility index (Phi) is 8.29. The van der Waals surface area contributed by atoms with Crippen LogP contribution in [0.4, 0.5) is 4.39 Å². The van der Waals surface area contributed by atoms with Gasteiger partial charge in [-0.2, -0.15) is 0 Å². The van der Waals surface area contributed by atoms with Crippen LogP contribution >= 0.6 is 23.5 Å². The lowest BCUT2D eigenvalue weighted by atomic mass is 10.1. The number of aliphatic hydroxyl groups is 1. The van der Waals surface area contributed by atoms with Gasteiger partial charge in [0.25, 0.3) is 23.6 Å². The zero-order valence-corrected chi connectivity index (χ0v) is 21.8. The number of hydrogen-bond donors (Lipinski definition) is 3. The van der Waals surface area contributed by atoms with E-state index in [9.17, 15) is 23.9 Å². The van der Waals surface area contributed by atoms with Crippen LogP contribution in [0.1, 0.15) is 25.3 Å². The Morgan fingerprint density at radius 1 is 1.32 bits per heavy atom. The van der Waals surface area contributed by atoms with E-state index in [1.807, 2.05) is 13.1 Å². The van der Waals surface area contributed by atoms with Gasteiger partial charge >= 0.3 is 5.69 Å². The number of hydrogen-bond acceptors (Lipinski definition) is 8. The molecule has 2 aromatic rings. The Bertz CT molecular complexity index is 1290. The maximum atomic E-state index is 13.5. The molecule has 1 amide bonds. The maximum absolute atomic E-state index is 13.5. The highest BCUT2D eigenvalue weighted by molar-refractivity contribution is 7.97. The number of carboxylic acid groups (broad SMARTS) is 1. The van der Waals surface area contributed by atoms with Crippen molar-refractivity contribution in [1.29, 1.82) is 0 Å². The molecule has 0 radical (unpaired) electrons. The second-order valence-corrected chi connectivity index (χ2v) is 11.0. The standard InChI is InChI=1S/C22H27ClFN5O4S.CH2O2/c1-26-7-4-13(9-26)10-28-17-3-2-15(34-25-22(33)5-6-22)8-16(17)19(30)29(21(28)32)14-11-27(12-14)20(31)18(23)24;2-1-3/h2-3,8,13-14,18,25,33H,4-7,9-12H2,1H3;1H,(H,2,3). The Labute approximate surface area is 220 Å². The number of fused-ring (bicyclic) bond motifs is 1. The van der Waals surface area contributed by atoms with Gasteiger partial charge in [-0.15, -0.1) is 0 Å². The Balaban J connectivity index is 0.00000102. The molecule has 1 aromatic heterocycles. The van der Waals surface area contributed by atoms with Crippen LogP contribution < -0.4 is 16.0 Å². The molecule has 3 fully saturated rings. The molecule has 3 N–H and O–H groups in total. The summed E-state index contributed by atoms with van der Waals surface area (Å²) in [7, 11) is 2.04. The summed E-state index contributed by atoms with van der Waals surface area (Å²) in [6.45, 7) is 2.16. The van der Waals surface area contributed by atoms with Gasteiger partial charge in [0.05, 0.1) is 16.9 Å². The highest BCUT2D eigenvalue weighted by Gasteiger charge is 2.40. The lowest BCUT2D eigenvalue weighted by Crippen LogP contribution is -2.58. The van der Waals surface area contributed by atoms with Gasteiger partial charge in [-0.1, -0.05) is 11.6 Å². The number of carbonyl (C=O) groups is 2. The van der Waals surface area contributed by atoms with Crippen LogP contribution in [0.3, 0.4) is 0 Å². The van der Waals surface area contributed by atoms with Crippen molar-refractivity contribution in [3.05, 3.63) is 39.0 Å². The van der Waals surface area contributed by atoms with E-state index < -0.39 is 34.6 Å². The normalized spacial score (nSPS) is 21.7. The molecule has 2 aliphatic heterocycles. The van der Waals surface area contributed by atoms with Gasteiger partial charge in [0.2, 0.25) is 0 Å². The molecular formula is C23H29ClFN5O6S. The van der Waals surface area contributed by atoms with Gasteiger partial charge in [0.15, 0.2) is 0 Å². The average Bonchev–Trinajstić information content (AvgIpc) is 3.43. The Hall–Kier alpha value is -2.45.